The van der Waals surface area contributed by atoms with Gasteiger partial charge in [-0.3, -0.25) is 0 Å². The van der Waals surface area contributed by atoms with Crippen LogP contribution in [-0.4, -0.2) is 11.1 Å². The fourth-order valence-corrected chi connectivity index (χ4v) is 1.56. The summed E-state index contributed by atoms with van der Waals surface area (Å²) in [7, 11) is 0. The van der Waals surface area contributed by atoms with Crippen molar-refractivity contribution in [1.29, 1.82) is 5.26 Å². The second kappa shape index (κ2) is 3.75. The molecule has 1 aromatic rings. The van der Waals surface area contributed by atoms with Crippen LogP contribution in [0.3, 0.4) is 0 Å². The van der Waals surface area contributed by atoms with E-state index in [4.69, 9.17) is 10.4 Å². The summed E-state index contributed by atoms with van der Waals surface area (Å²) < 4.78 is 0.708. The van der Waals surface area contributed by atoms with E-state index in [1.807, 2.05) is 35.6 Å². The number of halogens is 1. The first-order valence-corrected chi connectivity index (χ1v) is 4.58. The Morgan fingerprint density at radius 1 is 1.62 bits per heavy atom. The van der Waals surface area contributed by atoms with Gasteiger partial charge in [0.1, 0.15) is 6.07 Å². The van der Waals surface area contributed by atoms with Gasteiger partial charge < -0.3 is 5.11 Å². The number of aryl methyl sites for hydroxylation is 1. The first-order chi connectivity index (χ1) is 6.07. The third-order valence-electron chi connectivity index (χ3n) is 1.68. The first-order valence-electron chi connectivity index (χ1n) is 3.50. The molecule has 4 heteroatoms. The molecule has 1 aromatic carbocycles. The van der Waals surface area contributed by atoms with Crippen LogP contribution < -0.4 is 0 Å². The van der Waals surface area contributed by atoms with Gasteiger partial charge in [0.15, 0.2) is 0 Å². The van der Waals surface area contributed by atoms with E-state index in [0.29, 0.717) is 3.57 Å². The molecular weight excluding hydrogens is 281 g/mol. The van der Waals surface area contributed by atoms with E-state index < -0.39 is 5.97 Å². The molecule has 1 N–H and O–H groups in total. The lowest BCUT2D eigenvalue weighted by Crippen LogP contribution is -2.02. The van der Waals surface area contributed by atoms with E-state index in [1.165, 1.54) is 6.07 Å². The molecule has 0 aliphatic heterocycles. The fraction of sp³-hybridized carbons (Fsp3) is 0.111. The maximum absolute atomic E-state index is 10.7. The molecule has 0 radical (unpaired) electrons. The number of nitriles is 1. The zero-order chi connectivity index (χ0) is 10.0. The van der Waals surface area contributed by atoms with Crippen LogP contribution >= 0.6 is 22.6 Å². The first kappa shape index (κ1) is 9.99. The van der Waals surface area contributed by atoms with Gasteiger partial charge in [-0.1, -0.05) is 6.07 Å². The summed E-state index contributed by atoms with van der Waals surface area (Å²) in [5, 5.41) is 17.5. The van der Waals surface area contributed by atoms with Crippen LogP contribution in [0.15, 0.2) is 12.1 Å². The summed E-state index contributed by atoms with van der Waals surface area (Å²) in [5.41, 5.74) is 1.23. The van der Waals surface area contributed by atoms with Crippen molar-refractivity contribution >= 4 is 28.6 Å². The number of benzene rings is 1. The highest BCUT2D eigenvalue weighted by molar-refractivity contribution is 14.1. The van der Waals surface area contributed by atoms with Crippen LogP contribution in [0.4, 0.5) is 0 Å². The zero-order valence-corrected chi connectivity index (χ0v) is 8.99. The molecule has 0 unspecified atom stereocenters. The minimum absolute atomic E-state index is 0.0671. The summed E-state index contributed by atoms with van der Waals surface area (Å²) in [6, 6.07) is 5.05. The van der Waals surface area contributed by atoms with Crippen LogP contribution in [0.5, 0.6) is 0 Å². The molecule has 0 spiro atoms. The number of rotatable bonds is 1. The molecule has 0 heterocycles. The van der Waals surface area contributed by atoms with E-state index >= 15 is 0 Å². The minimum atomic E-state index is -1.06. The van der Waals surface area contributed by atoms with Crippen LogP contribution in [-0.2, 0) is 0 Å². The van der Waals surface area contributed by atoms with Gasteiger partial charge in [0, 0.05) is 3.57 Å². The Morgan fingerprint density at radius 3 is 2.69 bits per heavy atom. The third kappa shape index (κ3) is 1.80. The SMILES string of the molecule is Cc1ccc(C(=O)O)c(C#N)c1I. The van der Waals surface area contributed by atoms with Crippen molar-refractivity contribution < 1.29 is 9.90 Å². The molecule has 0 aliphatic carbocycles. The van der Waals surface area contributed by atoms with E-state index in [9.17, 15) is 4.79 Å². The van der Waals surface area contributed by atoms with Gasteiger partial charge in [0.25, 0.3) is 0 Å². The predicted molar refractivity (Wildman–Crippen MR) is 55.6 cm³/mol. The lowest BCUT2D eigenvalue weighted by atomic mass is 10.1. The molecule has 66 valence electrons. The Morgan fingerprint density at radius 2 is 2.23 bits per heavy atom. The van der Waals surface area contributed by atoms with Gasteiger partial charge in [-0.2, -0.15) is 5.26 Å². The molecule has 0 saturated carbocycles. The maximum Gasteiger partial charge on any atom is 0.337 e. The highest BCUT2D eigenvalue weighted by Crippen LogP contribution is 2.20. The molecular formula is C9H6INO2. The van der Waals surface area contributed by atoms with Crippen molar-refractivity contribution in [1.82, 2.24) is 0 Å². The molecule has 0 aromatic heterocycles. The Balaban J connectivity index is 3.50. The van der Waals surface area contributed by atoms with Crippen molar-refractivity contribution in [2.24, 2.45) is 0 Å². The molecule has 0 bridgehead atoms. The average molecular weight is 287 g/mol. The monoisotopic (exact) mass is 287 g/mol. The molecule has 0 saturated heterocycles. The van der Waals surface area contributed by atoms with Crippen LogP contribution in [0.2, 0.25) is 0 Å². The Kier molecular flexibility index (Phi) is 2.88. The van der Waals surface area contributed by atoms with Crippen molar-refractivity contribution in [3.63, 3.8) is 0 Å². The lowest BCUT2D eigenvalue weighted by Gasteiger charge is -2.03. The maximum atomic E-state index is 10.7. The number of hydrogen-bond acceptors (Lipinski definition) is 2. The normalized spacial score (nSPS) is 9.31. The van der Waals surface area contributed by atoms with Crippen molar-refractivity contribution in [3.05, 3.63) is 32.4 Å². The number of carbonyl (C=O) groups is 1. The molecule has 1 rings (SSSR count). The van der Waals surface area contributed by atoms with Crippen LogP contribution in [0.1, 0.15) is 21.5 Å². The Labute approximate surface area is 89.1 Å². The van der Waals surface area contributed by atoms with E-state index in [0.717, 1.165) is 5.56 Å². The fourth-order valence-electron chi connectivity index (χ4n) is 0.968. The number of carboxylic acid groups (broad SMARTS) is 1. The van der Waals surface area contributed by atoms with E-state index in [-0.39, 0.29) is 11.1 Å². The van der Waals surface area contributed by atoms with Crippen LogP contribution in [0, 0.1) is 21.8 Å². The molecule has 0 atom stereocenters. The van der Waals surface area contributed by atoms with Crippen molar-refractivity contribution in [2.75, 3.05) is 0 Å². The number of hydrogen-bond donors (Lipinski definition) is 1. The van der Waals surface area contributed by atoms with Gasteiger partial charge in [0.2, 0.25) is 0 Å². The van der Waals surface area contributed by atoms with Crippen LogP contribution in [0.25, 0.3) is 0 Å². The molecule has 3 nitrogen and oxygen atoms in total. The number of carboxylic acids is 1. The molecule has 0 amide bonds. The largest absolute Gasteiger partial charge is 0.478 e. The van der Waals surface area contributed by atoms with Crippen molar-refractivity contribution in [3.8, 4) is 6.07 Å². The van der Waals surface area contributed by atoms with E-state index in [2.05, 4.69) is 0 Å². The predicted octanol–water partition coefficient (Wildman–Crippen LogP) is 2.17. The molecule has 0 fully saturated rings. The highest BCUT2D eigenvalue weighted by atomic mass is 127. The molecule has 13 heavy (non-hydrogen) atoms. The minimum Gasteiger partial charge on any atom is -0.478 e. The Hall–Kier alpha value is -1.09. The van der Waals surface area contributed by atoms with Gasteiger partial charge in [-0.25, -0.2) is 4.79 Å². The summed E-state index contributed by atoms with van der Waals surface area (Å²) in [6.45, 7) is 1.84. The number of nitrogens with zero attached hydrogens (tertiary/aromatic N) is 1. The molecule has 0 aliphatic rings. The quantitative estimate of drug-likeness (QED) is 0.805. The summed E-state index contributed by atoms with van der Waals surface area (Å²) >= 11 is 1.98. The zero-order valence-electron chi connectivity index (χ0n) is 6.84. The van der Waals surface area contributed by atoms with Gasteiger partial charge >= 0.3 is 5.97 Å². The van der Waals surface area contributed by atoms with Gasteiger partial charge in [0.05, 0.1) is 11.1 Å². The van der Waals surface area contributed by atoms with Gasteiger partial charge in [-0.15, -0.1) is 0 Å². The summed E-state index contributed by atoms with van der Waals surface area (Å²) in [6.07, 6.45) is 0. The number of aromatic carboxylic acids is 1. The van der Waals surface area contributed by atoms with Crippen molar-refractivity contribution in [2.45, 2.75) is 6.92 Å². The van der Waals surface area contributed by atoms with E-state index in [1.54, 1.807) is 6.07 Å². The van der Waals surface area contributed by atoms with Gasteiger partial charge in [-0.05, 0) is 41.1 Å². The second-order valence-electron chi connectivity index (χ2n) is 2.54. The summed E-state index contributed by atoms with van der Waals surface area (Å²) in [4.78, 5) is 10.7. The Bertz CT molecular complexity index is 407. The summed E-state index contributed by atoms with van der Waals surface area (Å²) in [5.74, 6) is -1.06. The second-order valence-corrected chi connectivity index (χ2v) is 3.61. The topological polar surface area (TPSA) is 61.1 Å². The standard InChI is InChI=1S/C9H6INO2/c1-5-2-3-6(9(12)13)7(4-11)8(5)10/h2-3H,1H3,(H,12,13). The highest BCUT2D eigenvalue weighted by Gasteiger charge is 2.13. The average Bonchev–Trinajstić information content (AvgIpc) is 2.09. The smallest absolute Gasteiger partial charge is 0.337 e. The third-order valence-corrected chi connectivity index (χ3v) is 3.07. The lowest BCUT2D eigenvalue weighted by molar-refractivity contribution is 0.0696.